The summed E-state index contributed by atoms with van der Waals surface area (Å²) in [5.41, 5.74) is 6.61. The summed E-state index contributed by atoms with van der Waals surface area (Å²) >= 11 is 4.99. The highest BCUT2D eigenvalue weighted by atomic mass is 32.2. The number of thiocarbonyl (C=S) groups is 1. The van der Waals surface area contributed by atoms with Crippen LogP contribution in [-0.2, 0) is 9.84 Å². The van der Waals surface area contributed by atoms with Crippen LogP contribution in [0.2, 0.25) is 0 Å². The highest BCUT2D eigenvalue weighted by Gasteiger charge is 2.59. The maximum atomic E-state index is 12.0. The van der Waals surface area contributed by atoms with E-state index in [1.54, 1.807) is 14.0 Å². The minimum absolute atomic E-state index is 0.115. The standard InChI is InChI=1S/C13H17NO3S2/c1-3-19(15,16)12-10(11(12)13(14)18)8-4-6-9(17-2)7-5-8/h4-7,10-12H,3H2,1-2H3,(H2,14,18)/t10-,11-,12+/m0/s1. The third kappa shape index (κ3) is 2.60. The Kier molecular flexibility index (Phi) is 3.82. The van der Waals surface area contributed by atoms with E-state index in [1.807, 2.05) is 24.3 Å². The molecule has 0 bridgehead atoms. The Hall–Kier alpha value is -1.14. The van der Waals surface area contributed by atoms with Crippen molar-refractivity contribution in [1.29, 1.82) is 0 Å². The number of nitrogens with two attached hydrogens (primary N) is 1. The van der Waals surface area contributed by atoms with Crippen molar-refractivity contribution in [3.63, 3.8) is 0 Å². The molecule has 4 nitrogen and oxygen atoms in total. The van der Waals surface area contributed by atoms with E-state index in [1.165, 1.54) is 0 Å². The highest BCUT2D eigenvalue weighted by molar-refractivity contribution is 7.92. The first kappa shape index (κ1) is 14.3. The summed E-state index contributed by atoms with van der Waals surface area (Å²) in [4.78, 5) is 0.280. The number of rotatable bonds is 5. The van der Waals surface area contributed by atoms with E-state index in [0.717, 1.165) is 11.3 Å². The highest BCUT2D eigenvalue weighted by Crippen LogP contribution is 2.52. The molecule has 0 radical (unpaired) electrons. The topological polar surface area (TPSA) is 69.4 Å². The lowest BCUT2D eigenvalue weighted by Gasteiger charge is -2.03. The van der Waals surface area contributed by atoms with Gasteiger partial charge in [0, 0.05) is 17.6 Å². The van der Waals surface area contributed by atoms with Crippen molar-refractivity contribution in [1.82, 2.24) is 0 Å². The van der Waals surface area contributed by atoms with E-state index in [-0.39, 0.29) is 22.6 Å². The van der Waals surface area contributed by atoms with Crippen molar-refractivity contribution in [2.24, 2.45) is 11.7 Å². The van der Waals surface area contributed by atoms with E-state index in [0.29, 0.717) is 0 Å². The van der Waals surface area contributed by atoms with Crippen molar-refractivity contribution in [2.45, 2.75) is 18.1 Å². The predicted octanol–water partition coefficient (Wildman–Crippen LogP) is 1.50. The molecule has 1 aromatic rings. The largest absolute Gasteiger partial charge is 0.497 e. The molecule has 1 saturated carbocycles. The van der Waals surface area contributed by atoms with Crippen LogP contribution in [0.5, 0.6) is 5.75 Å². The fraction of sp³-hybridized carbons (Fsp3) is 0.462. The molecule has 0 spiro atoms. The van der Waals surface area contributed by atoms with Crippen LogP contribution in [0.3, 0.4) is 0 Å². The summed E-state index contributed by atoms with van der Waals surface area (Å²) in [5, 5.41) is -0.469. The third-order valence-corrected chi connectivity index (χ3v) is 6.09. The smallest absolute Gasteiger partial charge is 0.154 e. The Morgan fingerprint density at radius 1 is 1.37 bits per heavy atom. The van der Waals surface area contributed by atoms with Gasteiger partial charge >= 0.3 is 0 Å². The molecule has 1 aromatic carbocycles. The van der Waals surface area contributed by atoms with Gasteiger partial charge in [-0.15, -0.1) is 0 Å². The number of sulfone groups is 1. The van der Waals surface area contributed by atoms with Crippen molar-refractivity contribution in [2.75, 3.05) is 12.9 Å². The molecule has 19 heavy (non-hydrogen) atoms. The Bertz CT molecular complexity index is 580. The van der Waals surface area contributed by atoms with Crippen molar-refractivity contribution < 1.29 is 13.2 Å². The first-order valence-electron chi connectivity index (χ1n) is 6.07. The molecular weight excluding hydrogens is 282 g/mol. The summed E-state index contributed by atoms with van der Waals surface area (Å²) in [6.45, 7) is 1.65. The summed E-state index contributed by atoms with van der Waals surface area (Å²) < 4.78 is 29.2. The summed E-state index contributed by atoms with van der Waals surface area (Å²) in [6.07, 6.45) is 0. The van der Waals surface area contributed by atoms with Gasteiger partial charge in [-0.05, 0) is 17.7 Å². The molecule has 3 atom stereocenters. The molecule has 6 heteroatoms. The second-order valence-electron chi connectivity index (χ2n) is 4.64. The van der Waals surface area contributed by atoms with Crippen LogP contribution in [0.25, 0.3) is 0 Å². The van der Waals surface area contributed by atoms with Gasteiger partial charge in [-0.1, -0.05) is 31.3 Å². The second-order valence-corrected chi connectivity index (χ2v) is 7.56. The molecule has 0 aliphatic heterocycles. The average Bonchev–Trinajstić information content (AvgIpc) is 3.15. The number of methoxy groups -OCH3 is 1. The van der Waals surface area contributed by atoms with Crippen LogP contribution in [-0.4, -0.2) is 31.5 Å². The van der Waals surface area contributed by atoms with E-state index < -0.39 is 15.1 Å². The molecule has 0 aromatic heterocycles. The Morgan fingerprint density at radius 2 is 1.95 bits per heavy atom. The van der Waals surface area contributed by atoms with E-state index in [2.05, 4.69) is 0 Å². The van der Waals surface area contributed by atoms with Gasteiger partial charge in [0.1, 0.15) is 5.75 Å². The van der Waals surface area contributed by atoms with Crippen LogP contribution in [0.15, 0.2) is 24.3 Å². The van der Waals surface area contributed by atoms with Gasteiger partial charge < -0.3 is 10.5 Å². The molecule has 1 fully saturated rings. The number of hydrogen-bond acceptors (Lipinski definition) is 4. The summed E-state index contributed by atoms with van der Waals surface area (Å²) in [7, 11) is -1.54. The van der Waals surface area contributed by atoms with Gasteiger partial charge in [0.25, 0.3) is 0 Å². The van der Waals surface area contributed by atoms with Crippen LogP contribution < -0.4 is 10.5 Å². The van der Waals surface area contributed by atoms with Gasteiger partial charge in [0.15, 0.2) is 9.84 Å². The number of benzene rings is 1. The maximum absolute atomic E-state index is 12.0. The molecular formula is C13H17NO3S2. The van der Waals surface area contributed by atoms with Crippen molar-refractivity contribution in [3.8, 4) is 5.75 Å². The van der Waals surface area contributed by atoms with Crippen molar-refractivity contribution in [3.05, 3.63) is 29.8 Å². The fourth-order valence-electron chi connectivity index (χ4n) is 2.48. The first-order chi connectivity index (χ1) is 8.92. The average molecular weight is 299 g/mol. The van der Waals surface area contributed by atoms with E-state index in [4.69, 9.17) is 22.7 Å². The zero-order chi connectivity index (χ0) is 14.2. The number of hydrogen-bond donors (Lipinski definition) is 1. The third-order valence-electron chi connectivity index (χ3n) is 3.60. The molecule has 1 aliphatic rings. The quantitative estimate of drug-likeness (QED) is 0.834. The molecule has 104 valence electrons. The fourth-order valence-corrected chi connectivity index (χ4v) is 4.69. The molecule has 0 heterocycles. The van der Waals surface area contributed by atoms with Crippen LogP contribution in [0, 0.1) is 5.92 Å². The van der Waals surface area contributed by atoms with E-state index >= 15 is 0 Å². The minimum Gasteiger partial charge on any atom is -0.497 e. The monoisotopic (exact) mass is 299 g/mol. The predicted molar refractivity (Wildman–Crippen MR) is 79.3 cm³/mol. The van der Waals surface area contributed by atoms with Gasteiger partial charge in [0.05, 0.1) is 17.3 Å². The lowest BCUT2D eigenvalue weighted by Crippen LogP contribution is -2.18. The van der Waals surface area contributed by atoms with Gasteiger partial charge in [-0.2, -0.15) is 0 Å². The molecule has 1 aliphatic carbocycles. The molecule has 2 N–H and O–H groups in total. The first-order valence-corrected chi connectivity index (χ1v) is 8.19. The molecule has 2 rings (SSSR count). The SMILES string of the molecule is CCS(=O)(=O)[C@H]1[C@@H](C(N)=S)[C@@H]1c1ccc(OC)cc1. The van der Waals surface area contributed by atoms with Crippen LogP contribution in [0.1, 0.15) is 18.4 Å². The Labute approximate surface area is 118 Å². The zero-order valence-electron chi connectivity index (χ0n) is 10.9. The minimum atomic E-state index is -3.13. The molecule has 0 amide bonds. The van der Waals surface area contributed by atoms with Gasteiger partial charge in [-0.3, -0.25) is 0 Å². The summed E-state index contributed by atoms with van der Waals surface area (Å²) in [5.74, 6) is 0.497. The maximum Gasteiger partial charge on any atom is 0.154 e. The normalized spacial score (nSPS) is 25.9. The van der Waals surface area contributed by atoms with Crippen LogP contribution in [0.4, 0.5) is 0 Å². The molecule has 0 saturated heterocycles. The van der Waals surface area contributed by atoms with Gasteiger partial charge in [0.2, 0.25) is 0 Å². The van der Waals surface area contributed by atoms with E-state index in [9.17, 15) is 8.42 Å². The lowest BCUT2D eigenvalue weighted by molar-refractivity contribution is 0.414. The zero-order valence-corrected chi connectivity index (χ0v) is 12.5. The second kappa shape index (κ2) is 5.09. The van der Waals surface area contributed by atoms with Gasteiger partial charge in [-0.25, -0.2) is 8.42 Å². The lowest BCUT2D eigenvalue weighted by atomic mass is 10.1. The van der Waals surface area contributed by atoms with Crippen LogP contribution >= 0.6 is 12.2 Å². The summed E-state index contributed by atoms with van der Waals surface area (Å²) in [6, 6.07) is 7.39. The Balaban J connectivity index is 2.30. The molecule has 0 unspecified atom stereocenters. The Morgan fingerprint density at radius 3 is 2.37 bits per heavy atom. The van der Waals surface area contributed by atoms with Crippen molar-refractivity contribution >= 4 is 27.0 Å². The number of ether oxygens (including phenoxy) is 1.